The molecule has 1 aromatic heterocycles. The number of rotatable bonds is 7. The number of halogens is 1. The normalized spacial score (nSPS) is 10.6. The van der Waals surface area contributed by atoms with Gasteiger partial charge in [-0.1, -0.05) is 11.6 Å². The summed E-state index contributed by atoms with van der Waals surface area (Å²) in [6.45, 7) is 3.37. The third kappa shape index (κ3) is 5.30. The Labute approximate surface area is 152 Å². The van der Waals surface area contributed by atoms with Crippen LogP contribution in [-0.2, 0) is 0 Å². The molecule has 2 aromatic rings. The minimum Gasteiger partial charge on any atom is -0.495 e. The van der Waals surface area contributed by atoms with E-state index < -0.39 is 0 Å². The Morgan fingerprint density at radius 2 is 2.12 bits per heavy atom. The number of aromatic nitrogens is 2. The minimum atomic E-state index is -0.349. The van der Waals surface area contributed by atoms with Crippen LogP contribution in [0.2, 0.25) is 5.02 Å². The number of benzene rings is 1. The SMILES string of the molecule is COc1cc(Cl)c(C)cc1NC(=O)c1ccnc(NCCN(C)C)n1. The summed E-state index contributed by atoms with van der Waals surface area (Å²) >= 11 is 6.08. The molecule has 134 valence electrons. The summed E-state index contributed by atoms with van der Waals surface area (Å²) in [5.41, 5.74) is 1.64. The molecule has 0 aliphatic carbocycles. The maximum Gasteiger partial charge on any atom is 0.274 e. The van der Waals surface area contributed by atoms with Crippen molar-refractivity contribution in [2.75, 3.05) is 44.9 Å². The highest BCUT2D eigenvalue weighted by molar-refractivity contribution is 6.31. The maximum absolute atomic E-state index is 12.5. The van der Waals surface area contributed by atoms with Crippen LogP contribution < -0.4 is 15.4 Å². The van der Waals surface area contributed by atoms with Crippen LogP contribution in [0.15, 0.2) is 24.4 Å². The number of methoxy groups -OCH3 is 1. The number of carbonyl (C=O) groups is 1. The summed E-state index contributed by atoms with van der Waals surface area (Å²) in [6, 6.07) is 4.99. The first-order valence-electron chi connectivity index (χ1n) is 7.78. The van der Waals surface area contributed by atoms with Gasteiger partial charge in [0.25, 0.3) is 5.91 Å². The van der Waals surface area contributed by atoms with Crippen molar-refractivity contribution in [3.05, 3.63) is 40.7 Å². The molecule has 2 rings (SSSR count). The molecule has 2 N–H and O–H groups in total. The molecule has 0 aliphatic heterocycles. The predicted molar refractivity (Wildman–Crippen MR) is 99.8 cm³/mol. The first-order chi connectivity index (χ1) is 11.9. The number of hydrogen-bond donors (Lipinski definition) is 2. The molecule has 0 radical (unpaired) electrons. The molecule has 1 heterocycles. The Morgan fingerprint density at radius 1 is 1.36 bits per heavy atom. The van der Waals surface area contributed by atoms with Gasteiger partial charge in [-0.05, 0) is 38.7 Å². The number of anilines is 2. The van der Waals surface area contributed by atoms with E-state index in [1.165, 1.54) is 7.11 Å². The highest BCUT2D eigenvalue weighted by atomic mass is 35.5. The van der Waals surface area contributed by atoms with Crippen LogP contribution in [0.4, 0.5) is 11.6 Å². The third-order valence-electron chi connectivity index (χ3n) is 3.46. The first-order valence-corrected chi connectivity index (χ1v) is 8.15. The highest BCUT2D eigenvalue weighted by Crippen LogP contribution is 2.31. The molecule has 1 amide bonds. The van der Waals surface area contributed by atoms with E-state index >= 15 is 0 Å². The maximum atomic E-state index is 12.5. The number of amides is 1. The van der Waals surface area contributed by atoms with Crippen LogP contribution in [0.5, 0.6) is 5.75 Å². The lowest BCUT2D eigenvalue weighted by Gasteiger charge is -2.13. The second-order valence-corrected chi connectivity index (χ2v) is 6.16. The lowest BCUT2D eigenvalue weighted by Crippen LogP contribution is -2.22. The highest BCUT2D eigenvalue weighted by Gasteiger charge is 2.13. The molecule has 0 atom stereocenters. The van der Waals surface area contributed by atoms with Crippen LogP contribution in [0, 0.1) is 6.92 Å². The van der Waals surface area contributed by atoms with Crippen LogP contribution >= 0.6 is 11.6 Å². The van der Waals surface area contributed by atoms with Gasteiger partial charge in [0, 0.05) is 30.4 Å². The number of nitrogens with one attached hydrogen (secondary N) is 2. The fourth-order valence-corrected chi connectivity index (χ4v) is 2.23. The number of ether oxygens (including phenoxy) is 1. The molecule has 0 spiro atoms. The van der Waals surface area contributed by atoms with E-state index in [2.05, 4.69) is 20.6 Å². The quantitative estimate of drug-likeness (QED) is 0.787. The largest absolute Gasteiger partial charge is 0.495 e. The van der Waals surface area contributed by atoms with Crippen molar-refractivity contribution in [2.45, 2.75) is 6.92 Å². The number of nitrogens with zero attached hydrogens (tertiary/aromatic N) is 3. The fraction of sp³-hybridized carbons (Fsp3) is 0.353. The van der Waals surface area contributed by atoms with Crippen molar-refractivity contribution in [3.8, 4) is 5.75 Å². The molecule has 0 fully saturated rings. The number of carbonyl (C=O) groups excluding carboxylic acids is 1. The molecule has 0 saturated carbocycles. The standard InChI is InChI=1S/C17H22ClN5O2/c1-11-9-14(15(25-4)10-12(11)18)21-16(24)13-5-6-19-17(22-13)20-7-8-23(2)3/h5-6,9-10H,7-8H2,1-4H3,(H,21,24)(H,19,20,22). The van der Waals surface area contributed by atoms with Crippen LogP contribution in [0.1, 0.15) is 16.1 Å². The van der Waals surface area contributed by atoms with E-state index in [1.54, 1.807) is 24.4 Å². The van der Waals surface area contributed by atoms with E-state index in [-0.39, 0.29) is 11.6 Å². The van der Waals surface area contributed by atoms with E-state index in [0.717, 1.165) is 12.1 Å². The lowest BCUT2D eigenvalue weighted by atomic mass is 10.2. The van der Waals surface area contributed by atoms with E-state index in [0.29, 0.717) is 29.0 Å². The van der Waals surface area contributed by atoms with Crippen LogP contribution in [0.25, 0.3) is 0 Å². The summed E-state index contributed by atoms with van der Waals surface area (Å²) in [5.74, 6) is 0.550. The average molecular weight is 364 g/mol. The summed E-state index contributed by atoms with van der Waals surface area (Å²) < 4.78 is 5.27. The Bertz CT molecular complexity index is 752. The second kappa shape index (κ2) is 8.64. The van der Waals surface area contributed by atoms with Crippen LogP contribution in [-0.4, -0.2) is 55.1 Å². The molecular formula is C17H22ClN5O2. The topological polar surface area (TPSA) is 79.4 Å². The second-order valence-electron chi connectivity index (χ2n) is 5.75. The molecule has 0 saturated heterocycles. The van der Waals surface area contributed by atoms with Crippen molar-refractivity contribution >= 4 is 29.1 Å². The minimum absolute atomic E-state index is 0.261. The van der Waals surface area contributed by atoms with Gasteiger partial charge in [-0.25, -0.2) is 9.97 Å². The van der Waals surface area contributed by atoms with Gasteiger partial charge in [0.05, 0.1) is 12.8 Å². The number of hydrogen-bond acceptors (Lipinski definition) is 6. The van der Waals surface area contributed by atoms with Gasteiger partial charge in [-0.3, -0.25) is 4.79 Å². The summed E-state index contributed by atoms with van der Waals surface area (Å²) in [6.07, 6.45) is 1.55. The smallest absolute Gasteiger partial charge is 0.274 e. The molecule has 0 unspecified atom stereocenters. The Kier molecular flexibility index (Phi) is 6.55. The lowest BCUT2D eigenvalue weighted by molar-refractivity contribution is 0.102. The summed E-state index contributed by atoms with van der Waals surface area (Å²) in [4.78, 5) is 22.9. The molecule has 8 heteroatoms. The molecule has 0 bridgehead atoms. The Balaban J connectivity index is 2.12. The Hall–Kier alpha value is -2.38. The van der Waals surface area contributed by atoms with Crippen LogP contribution in [0.3, 0.4) is 0 Å². The van der Waals surface area contributed by atoms with Gasteiger partial charge in [0.2, 0.25) is 5.95 Å². The first kappa shape index (κ1) is 19.0. The van der Waals surface area contributed by atoms with Gasteiger partial charge in [-0.15, -0.1) is 0 Å². The molecule has 0 aliphatic rings. The summed E-state index contributed by atoms with van der Waals surface area (Å²) in [5, 5.41) is 6.46. The monoisotopic (exact) mass is 363 g/mol. The zero-order valence-electron chi connectivity index (χ0n) is 14.8. The zero-order valence-corrected chi connectivity index (χ0v) is 15.5. The van der Waals surface area contributed by atoms with Crippen molar-refractivity contribution in [2.24, 2.45) is 0 Å². The average Bonchev–Trinajstić information content (AvgIpc) is 2.57. The Morgan fingerprint density at radius 3 is 2.80 bits per heavy atom. The number of likely N-dealkylation sites (N-methyl/N-ethyl adjacent to an activating group) is 1. The van der Waals surface area contributed by atoms with Gasteiger partial charge in [0.15, 0.2) is 0 Å². The third-order valence-corrected chi connectivity index (χ3v) is 3.87. The van der Waals surface area contributed by atoms with E-state index in [1.807, 2.05) is 25.9 Å². The molecule has 1 aromatic carbocycles. The summed E-state index contributed by atoms with van der Waals surface area (Å²) in [7, 11) is 5.48. The predicted octanol–water partition coefficient (Wildman–Crippen LogP) is 2.67. The fourth-order valence-electron chi connectivity index (χ4n) is 2.08. The molecule has 7 nitrogen and oxygen atoms in total. The van der Waals surface area contributed by atoms with Crippen molar-refractivity contribution in [3.63, 3.8) is 0 Å². The van der Waals surface area contributed by atoms with Crippen molar-refractivity contribution in [1.29, 1.82) is 0 Å². The van der Waals surface area contributed by atoms with Gasteiger partial charge in [-0.2, -0.15) is 0 Å². The molecule has 25 heavy (non-hydrogen) atoms. The van der Waals surface area contributed by atoms with E-state index in [4.69, 9.17) is 16.3 Å². The van der Waals surface area contributed by atoms with Gasteiger partial charge < -0.3 is 20.3 Å². The zero-order chi connectivity index (χ0) is 18.4. The number of aryl methyl sites for hydroxylation is 1. The van der Waals surface area contributed by atoms with Gasteiger partial charge >= 0.3 is 0 Å². The molecular weight excluding hydrogens is 342 g/mol. The van der Waals surface area contributed by atoms with Crippen molar-refractivity contribution < 1.29 is 9.53 Å². The van der Waals surface area contributed by atoms with E-state index in [9.17, 15) is 4.79 Å². The van der Waals surface area contributed by atoms with Crippen molar-refractivity contribution in [1.82, 2.24) is 14.9 Å². The van der Waals surface area contributed by atoms with Gasteiger partial charge in [0.1, 0.15) is 11.4 Å².